The number of hydrogen-bond acceptors (Lipinski definition) is 6. The molecule has 8 heteroatoms. The number of furan rings is 1. The summed E-state index contributed by atoms with van der Waals surface area (Å²) < 4.78 is 9.60. The van der Waals surface area contributed by atoms with Gasteiger partial charge in [0.25, 0.3) is 5.91 Å². The number of nitrogens with one attached hydrogen (secondary N) is 2. The number of anilines is 1. The van der Waals surface area contributed by atoms with E-state index in [-0.39, 0.29) is 24.0 Å². The molecule has 0 aliphatic carbocycles. The summed E-state index contributed by atoms with van der Waals surface area (Å²) in [7, 11) is 1.29. The Kier molecular flexibility index (Phi) is 5.93. The molecule has 0 fully saturated rings. The molecular weight excluding hydrogens is 320 g/mol. The summed E-state index contributed by atoms with van der Waals surface area (Å²) in [4.78, 5) is 35.3. The maximum atomic E-state index is 11.9. The van der Waals surface area contributed by atoms with Crippen LogP contribution < -0.4 is 10.6 Å². The van der Waals surface area contributed by atoms with Gasteiger partial charge in [-0.25, -0.2) is 4.79 Å². The minimum atomic E-state index is -0.485. The van der Waals surface area contributed by atoms with Gasteiger partial charge in [-0.1, -0.05) is 0 Å². The van der Waals surface area contributed by atoms with Gasteiger partial charge in [0.15, 0.2) is 5.76 Å². The van der Waals surface area contributed by atoms with Gasteiger partial charge in [-0.15, -0.1) is 11.3 Å². The molecule has 0 unspecified atom stereocenters. The average Bonchev–Trinajstić information content (AvgIpc) is 3.22. The third-order valence-corrected chi connectivity index (χ3v) is 3.82. The quantitative estimate of drug-likeness (QED) is 0.597. The highest BCUT2D eigenvalue weighted by Crippen LogP contribution is 2.23. The van der Waals surface area contributed by atoms with Gasteiger partial charge in [-0.3, -0.25) is 9.59 Å². The second-order valence-corrected chi connectivity index (χ2v) is 5.46. The monoisotopic (exact) mass is 336 g/mol. The second kappa shape index (κ2) is 8.14. The Balaban J connectivity index is 1.72. The smallest absolute Gasteiger partial charge is 0.350 e. The molecule has 2 rings (SSSR count). The second-order valence-electron chi connectivity index (χ2n) is 4.54. The van der Waals surface area contributed by atoms with Crippen molar-refractivity contribution < 1.29 is 23.5 Å². The van der Waals surface area contributed by atoms with Gasteiger partial charge in [0.05, 0.1) is 19.1 Å². The number of carbonyl (C=O) groups excluding carboxylic acids is 3. The van der Waals surface area contributed by atoms with Crippen LogP contribution in [-0.4, -0.2) is 31.4 Å². The van der Waals surface area contributed by atoms with Gasteiger partial charge in [0.2, 0.25) is 5.91 Å². The van der Waals surface area contributed by atoms with Crippen molar-refractivity contribution in [2.75, 3.05) is 19.0 Å². The van der Waals surface area contributed by atoms with E-state index in [0.717, 1.165) is 0 Å². The Morgan fingerprint density at radius 1 is 1.30 bits per heavy atom. The summed E-state index contributed by atoms with van der Waals surface area (Å²) in [6.07, 6.45) is 2.10. The Hall–Kier alpha value is -2.61. The number of thiophene rings is 1. The van der Waals surface area contributed by atoms with Crippen molar-refractivity contribution in [2.45, 2.75) is 12.8 Å². The van der Waals surface area contributed by atoms with Crippen molar-refractivity contribution >= 4 is 34.8 Å². The van der Waals surface area contributed by atoms with E-state index >= 15 is 0 Å². The summed E-state index contributed by atoms with van der Waals surface area (Å²) >= 11 is 1.20. The van der Waals surface area contributed by atoms with Gasteiger partial charge in [-0.2, -0.15) is 0 Å². The Morgan fingerprint density at radius 3 is 2.83 bits per heavy atom. The van der Waals surface area contributed by atoms with Crippen LogP contribution in [0.25, 0.3) is 0 Å². The molecule has 2 N–H and O–H groups in total. The van der Waals surface area contributed by atoms with Crippen molar-refractivity contribution in [3.63, 3.8) is 0 Å². The highest BCUT2D eigenvalue weighted by atomic mass is 32.1. The largest absolute Gasteiger partial charge is 0.465 e. The van der Waals surface area contributed by atoms with Crippen molar-refractivity contribution in [3.8, 4) is 0 Å². The average molecular weight is 336 g/mol. The van der Waals surface area contributed by atoms with Crippen LogP contribution in [0.5, 0.6) is 0 Å². The minimum absolute atomic E-state index is 0.217. The molecule has 2 amide bonds. The summed E-state index contributed by atoms with van der Waals surface area (Å²) in [6.45, 7) is 0.348. The Bertz CT molecular complexity index is 678. The highest BCUT2D eigenvalue weighted by Gasteiger charge is 2.15. The molecule has 0 aromatic carbocycles. The van der Waals surface area contributed by atoms with E-state index in [1.165, 1.54) is 24.7 Å². The van der Waals surface area contributed by atoms with Crippen LogP contribution in [0.2, 0.25) is 0 Å². The van der Waals surface area contributed by atoms with Gasteiger partial charge < -0.3 is 19.8 Å². The molecule has 0 aliphatic heterocycles. The molecule has 0 saturated heterocycles. The third-order valence-electron chi connectivity index (χ3n) is 2.92. The lowest BCUT2D eigenvalue weighted by molar-refractivity contribution is -0.116. The maximum absolute atomic E-state index is 11.9. The predicted molar refractivity (Wildman–Crippen MR) is 84.6 cm³/mol. The van der Waals surface area contributed by atoms with Gasteiger partial charge in [0, 0.05) is 13.0 Å². The zero-order valence-electron chi connectivity index (χ0n) is 12.5. The molecule has 2 aromatic heterocycles. The molecule has 2 heterocycles. The zero-order valence-corrected chi connectivity index (χ0v) is 13.3. The van der Waals surface area contributed by atoms with E-state index in [1.807, 2.05) is 0 Å². The van der Waals surface area contributed by atoms with Crippen LogP contribution in [0, 0.1) is 0 Å². The first-order valence-corrected chi connectivity index (χ1v) is 7.77. The van der Waals surface area contributed by atoms with Crippen molar-refractivity contribution in [2.24, 2.45) is 0 Å². The maximum Gasteiger partial charge on any atom is 0.350 e. The molecular formula is C15H16N2O5S. The first-order valence-electron chi connectivity index (χ1n) is 6.89. The fraction of sp³-hybridized carbons (Fsp3) is 0.267. The van der Waals surface area contributed by atoms with E-state index in [0.29, 0.717) is 23.5 Å². The number of ether oxygens (including phenoxy) is 1. The van der Waals surface area contributed by atoms with E-state index in [2.05, 4.69) is 15.4 Å². The third kappa shape index (κ3) is 4.68. The highest BCUT2D eigenvalue weighted by molar-refractivity contribution is 7.12. The number of rotatable bonds is 7. The van der Waals surface area contributed by atoms with Crippen LogP contribution in [-0.2, 0) is 9.53 Å². The summed E-state index contributed by atoms with van der Waals surface area (Å²) in [5.41, 5.74) is 0.437. The lowest BCUT2D eigenvalue weighted by Gasteiger charge is -2.06. The first kappa shape index (κ1) is 16.8. The molecule has 0 spiro atoms. The fourth-order valence-corrected chi connectivity index (χ4v) is 2.58. The minimum Gasteiger partial charge on any atom is -0.465 e. The molecule has 0 saturated carbocycles. The molecule has 0 atom stereocenters. The van der Waals surface area contributed by atoms with E-state index in [1.54, 1.807) is 23.6 Å². The molecule has 2 aromatic rings. The normalized spacial score (nSPS) is 10.1. The molecule has 23 heavy (non-hydrogen) atoms. The summed E-state index contributed by atoms with van der Waals surface area (Å²) in [5, 5.41) is 7.01. The topological polar surface area (TPSA) is 97.6 Å². The Morgan fingerprint density at radius 2 is 2.13 bits per heavy atom. The van der Waals surface area contributed by atoms with Crippen LogP contribution in [0.15, 0.2) is 34.3 Å². The number of esters is 1. The molecule has 122 valence electrons. The van der Waals surface area contributed by atoms with Crippen molar-refractivity contribution in [3.05, 3.63) is 40.5 Å². The molecule has 0 aliphatic rings. The van der Waals surface area contributed by atoms with Crippen LogP contribution in [0.4, 0.5) is 5.69 Å². The van der Waals surface area contributed by atoms with Crippen molar-refractivity contribution in [1.82, 2.24) is 5.32 Å². The molecule has 0 radical (unpaired) electrons. The Labute approximate surface area is 136 Å². The van der Waals surface area contributed by atoms with Crippen LogP contribution in [0.1, 0.15) is 33.1 Å². The van der Waals surface area contributed by atoms with Gasteiger partial charge in [-0.05, 0) is 30.0 Å². The van der Waals surface area contributed by atoms with E-state index in [4.69, 9.17) is 4.42 Å². The van der Waals surface area contributed by atoms with Gasteiger partial charge in [0.1, 0.15) is 4.88 Å². The van der Waals surface area contributed by atoms with Crippen LogP contribution in [0.3, 0.4) is 0 Å². The van der Waals surface area contributed by atoms with E-state index < -0.39 is 5.97 Å². The summed E-state index contributed by atoms with van der Waals surface area (Å²) in [6, 6.07) is 4.84. The predicted octanol–water partition coefficient (Wildman–Crippen LogP) is 2.28. The van der Waals surface area contributed by atoms with Crippen molar-refractivity contribution in [1.29, 1.82) is 0 Å². The zero-order chi connectivity index (χ0) is 16.7. The first-order chi connectivity index (χ1) is 11.1. The number of methoxy groups -OCH3 is 1. The SMILES string of the molecule is COC(=O)c1sccc1NC(=O)CCCNC(=O)c1ccco1. The number of carbonyl (C=O) groups is 3. The lowest BCUT2D eigenvalue weighted by atomic mass is 10.2. The summed E-state index contributed by atoms with van der Waals surface area (Å²) in [5.74, 6) is -0.807. The lowest BCUT2D eigenvalue weighted by Crippen LogP contribution is -2.25. The van der Waals surface area contributed by atoms with E-state index in [9.17, 15) is 14.4 Å². The molecule has 7 nitrogen and oxygen atoms in total. The van der Waals surface area contributed by atoms with Gasteiger partial charge >= 0.3 is 5.97 Å². The standard InChI is InChI=1S/C15H16N2O5S/c1-21-15(20)13-10(6-9-23-13)17-12(18)5-2-7-16-14(19)11-4-3-8-22-11/h3-4,6,8-9H,2,5,7H2,1H3,(H,16,19)(H,17,18). The van der Waals surface area contributed by atoms with Crippen LogP contribution >= 0.6 is 11.3 Å². The molecule has 0 bridgehead atoms. The number of amides is 2. The number of hydrogen-bond donors (Lipinski definition) is 2. The fourth-order valence-electron chi connectivity index (χ4n) is 1.82.